The maximum absolute atomic E-state index is 11.4. The van der Waals surface area contributed by atoms with Crippen molar-refractivity contribution in [3.05, 3.63) is 0 Å². The van der Waals surface area contributed by atoms with Crippen LogP contribution in [0.4, 0.5) is 13.2 Å². The Morgan fingerprint density at radius 3 is 2.30 bits per heavy atom. The van der Waals surface area contributed by atoms with Gasteiger partial charge in [-0.2, -0.15) is 25.8 Å². The second kappa shape index (κ2) is 3.70. The smallest absolute Gasteiger partial charge is 0.387 e. The third kappa shape index (κ3) is 5.74. The van der Waals surface area contributed by atoms with E-state index in [2.05, 4.69) is 17.6 Å². The largest absolute Gasteiger partial charge is 0.408 e. The number of alkyl halides is 3. The molecule has 60 valence electrons. The van der Waals surface area contributed by atoms with Crippen LogP contribution in [0.2, 0.25) is 0 Å². The lowest BCUT2D eigenvalue weighted by atomic mass is 10.6. The third-order valence-electron chi connectivity index (χ3n) is 0.623. The third-order valence-corrected chi connectivity index (χ3v) is 0.947. The Hall–Kier alpha value is -0.390. The Balaban J connectivity index is 3.73. The molecular weight excluding hydrogens is 165 g/mol. The maximum atomic E-state index is 11.4. The average Bonchev–Trinajstić information content (AvgIpc) is 1.81. The van der Waals surface area contributed by atoms with E-state index in [1.54, 1.807) is 0 Å². The van der Waals surface area contributed by atoms with Crippen LogP contribution in [0.3, 0.4) is 0 Å². The van der Waals surface area contributed by atoms with E-state index < -0.39 is 12.7 Å². The minimum absolute atomic E-state index is 0.0517. The fourth-order valence-electron chi connectivity index (χ4n) is 0.241. The number of hydrogen-bond acceptors (Lipinski definition) is 2. The van der Waals surface area contributed by atoms with Crippen LogP contribution >= 0.6 is 12.6 Å². The zero-order valence-corrected chi connectivity index (χ0v) is 5.91. The molecule has 2 N–H and O–H groups in total. The molecule has 0 fully saturated rings. The van der Waals surface area contributed by atoms with Crippen LogP contribution in [0.1, 0.15) is 0 Å². The highest BCUT2D eigenvalue weighted by molar-refractivity contribution is 7.81. The van der Waals surface area contributed by atoms with Crippen molar-refractivity contribution in [3.8, 4) is 0 Å². The van der Waals surface area contributed by atoms with Crippen LogP contribution in [-0.4, -0.2) is 24.3 Å². The van der Waals surface area contributed by atoms with E-state index in [-0.39, 0.29) is 11.6 Å². The summed E-state index contributed by atoms with van der Waals surface area (Å²) in [6, 6.07) is 0. The monoisotopic (exact) mass is 172 g/mol. The summed E-state index contributed by atoms with van der Waals surface area (Å²) < 4.78 is 34.1. The minimum Gasteiger partial charge on any atom is -0.387 e. The average molecular weight is 172 g/mol. The Morgan fingerprint density at radius 2 is 2.00 bits per heavy atom. The fourth-order valence-corrected chi connectivity index (χ4v) is 0.341. The first-order valence-electron chi connectivity index (χ1n) is 2.42. The van der Waals surface area contributed by atoms with Crippen LogP contribution in [-0.2, 0) is 0 Å². The number of halogens is 3. The lowest BCUT2D eigenvalue weighted by Crippen LogP contribution is -2.19. The number of amidine groups is 1. The van der Waals surface area contributed by atoms with Crippen LogP contribution in [0.5, 0.6) is 0 Å². The normalized spacial score (nSPS) is 13.8. The highest BCUT2D eigenvalue weighted by atomic mass is 32.1. The second-order valence-corrected chi connectivity index (χ2v) is 1.90. The summed E-state index contributed by atoms with van der Waals surface area (Å²) in [4.78, 5) is 3.01. The van der Waals surface area contributed by atoms with Crippen molar-refractivity contribution >= 4 is 18.5 Å². The highest BCUT2D eigenvalue weighted by Gasteiger charge is 2.26. The van der Waals surface area contributed by atoms with Crippen molar-refractivity contribution in [1.29, 1.82) is 0 Å². The predicted molar refractivity (Wildman–Crippen MR) is 36.4 cm³/mol. The van der Waals surface area contributed by atoms with E-state index in [1.165, 1.54) is 0 Å². The zero-order valence-electron chi connectivity index (χ0n) is 5.02. The molecule has 0 bridgehead atoms. The molecule has 0 heterocycles. The van der Waals surface area contributed by atoms with Crippen molar-refractivity contribution in [2.45, 2.75) is 6.18 Å². The number of nitrogens with zero attached hydrogens (tertiary/aromatic N) is 1. The summed E-state index contributed by atoms with van der Waals surface area (Å²) in [6.45, 7) is -1.22. The lowest BCUT2D eigenvalue weighted by molar-refractivity contribution is -0.118. The molecule has 2 nitrogen and oxygen atoms in total. The molecule has 0 aromatic heterocycles. The van der Waals surface area contributed by atoms with Gasteiger partial charge in [-0.1, -0.05) is 0 Å². The molecule has 6 heteroatoms. The summed E-state index contributed by atoms with van der Waals surface area (Å²) >= 11 is 3.62. The van der Waals surface area contributed by atoms with Crippen molar-refractivity contribution < 1.29 is 13.2 Å². The van der Waals surface area contributed by atoms with Crippen LogP contribution < -0.4 is 5.73 Å². The molecule has 0 atom stereocenters. The van der Waals surface area contributed by atoms with Gasteiger partial charge in [0.2, 0.25) is 0 Å². The van der Waals surface area contributed by atoms with Gasteiger partial charge in [-0.25, -0.2) is 0 Å². The summed E-state index contributed by atoms with van der Waals surface area (Å²) in [5, 5.41) is 0. The molecule has 0 aliphatic carbocycles. The molecule has 0 saturated carbocycles. The molecule has 0 radical (unpaired) electrons. The molecule has 0 saturated heterocycles. The predicted octanol–water partition coefficient (Wildman–Crippen LogP) is 0.836. The summed E-state index contributed by atoms with van der Waals surface area (Å²) in [7, 11) is 0. The van der Waals surface area contributed by atoms with Gasteiger partial charge in [-0.15, -0.1) is 0 Å². The van der Waals surface area contributed by atoms with Crippen LogP contribution in [0.25, 0.3) is 0 Å². The SMILES string of the molecule is NC(CS)=NCC(F)(F)F. The van der Waals surface area contributed by atoms with E-state index in [9.17, 15) is 13.2 Å². The van der Waals surface area contributed by atoms with Gasteiger partial charge in [-0.05, 0) is 0 Å². The number of rotatable bonds is 2. The van der Waals surface area contributed by atoms with Gasteiger partial charge < -0.3 is 5.73 Å². The van der Waals surface area contributed by atoms with Gasteiger partial charge in [0.1, 0.15) is 12.4 Å². The number of aliphatic imine (C=N–C) groups is 1. The van der Waals surface area contributed by atoms with Gasteiger partial charge >= 0.3 is 6.18 Å². The molecular formula is C4H7F3N2S. The lowest BCUT2D eigenvalue weighted by Gasteiger charge is -2.01. The minimum atomic E-state index is -4.27. The molecule has 0 aliphatic rings. The molecule has 0 spiro atoms. The Kier molecular flexibility index (Phi) is 3.55. The fraction of sp³-hybridized carbons (Fsp3) is 0.750. The zero-order chi connectivity index (χ0) is 8.20. The van der Waals surface area contributed by atoms with Crippen molar-refractivity contribution in [2.24, 2.45) is 10.7 Å². The first-order valence-corrected chi connectivity index (χ1v) is 3.05. The van der Waals surface area contributed by atoms with Crippen molar-refractivity contribution in [3.63, 3.8) is 0 Å². The van der Waals surface area contributed by atoms with Crippen molar-refractivity contribution in [2.75, 3.05) is 12.3 Å². The van der Waals surface area contributed by atoms with Crippen molar-refractivity contribution in [1.82, 2.24) is 0 Å². The maximum Gasteiger partial charge on any atom is 0.408 e. The Bertz CT molecular complexity index is 131. The highest BCUT2D eigenvalue weighted by Crippen LogP contribution is 2.13. The summed E-state index contributed by atoms with van der Waals surface area (Å²) in [6.07, 6.45) is -4.27. The molecule has 0 amide bonds. The van der Waals surface area contributed by atoms with E-state index >= 15 is 0 Å². The molecule has 0 unspecified atom stereocenters. The van der Waals surface area contributed by atoms with Crippen LogP contribution in [0, 0.1) is 0 Å². The number of nitrogens with two attached hydrogens (primary N) is 1. The Morgan fingerprint density at radius 1 is 1.50 bits per heavy atom. The second-order valence-electron chi connectivity index (χ2n) is 1.58. The quantitative estimate of drug-likeness (QED) is 0.361. The van der Waals surface area contributed by atoms with Gasteiger partial charge in [-0.3, -0.25) is 4.99 Å². The first kappa shape index (κ1) is 9.61. The molecule has 10 heavy (non-hydrogen) atoms. The van der Waals surface area contributed by atoms with Crippen LogP contribution in [0.15, 0.2) is 4.99 Å². The standard InChI is InChI=1S/C4H7F3N2S/c5-4(6,7)2-9-3(8)1-10/h10H,1-2H2,(H2,8,9). The molecule has 0 aromatic rings. The topological polar surface area (TPSA) is 38.4 Å². The molecule has 0 rings (SSSR count). The van der Waals surface area contributed by atoms with Gasteiger partial charge in [0.05, 0.1) is 0 Å². The van der Waals surface area contributed by atoms with E-state index in [1.807, 2.05) is 0 Å². The van der Waals surface area contributed by atoms with Gasteiger partial charge in [0, 0.05) is 5.75 Å². The molecule has 0 aliphatic heterocycles. The first-order chi connectivity index (χ1) is 4.45. The van der Waals surface area contributed by atoms with E-state index in [4.69, 9.17) is 5.73 Å². The molecule has 0 aromatic carbocycles. The van der Waals surface area contributed by atoms with Gasteiger partial charge in [0.15, 0.2) is 0 Å². The summed E-state index contributed by atoms with van der Waals surface area (Å²) in [5.41, 5.74) is 4.95. The number of thiol groups is 1. The summed E-state index contributed by atoms with van der Waals surface area (Å²) in [5.74, 6) is -0.0449. The van der Waals surface area contributed by atoms with E-state index in [0.717, 1.165) is 0 Å². The van der Waals surface area contributed by atoms with E-state index in [0.29, 0.717) is 0 Å². The van der Waals surface area contributed by atoms with Gasteiger partial charge in [0.25, 0.3) is 0 Å². The Labute approximate surface area is 61.7 Å². The number of hydrogen-bond donors (Lipinski definition) is 2.